The predicted octanol–water partition coefficient (Wildman–Crippen LogP) is 1.82. The first-order valence-corrected chi connectivity index (χ1v) is 10.8. The lowest BCUT2D eigenvalue weighted by atomic mass is 10.2. The molecule has 7 nitrogen and oxygen atoms in total. The summed E-state index contributed by atoms with van der Waals surface area (Å²) < 4.78 is 51.4. The fourth-order valence-electron chi connectivity index (χ4n) is 3.08. The second-order valence-corrected chi connectivity index (χ2v) is 9.66. The Hall–Kier alpha value is -2.01. The number of hydrogen-bond acceptors (Lipinski definition) is 5. The Morgan fingerprint density at radius 1 is 1.26 bits per heavy atom. The number of carboxylic acids is 1. The zero-order valence-electron chi connectivity index (χ0n) is 14.0. The smallest absolute Gasteiger partial charge is 0.303 e. The predicted molar refractivity (Wildman–Crippen MR) is 96.6 cm³/mol. The molecule has 2 fully saturated rings. The molecule has 0 aromatic heterocycles. The van der Waals surface area contributed by atoms with Crippen LogP contribution in [0.2, 0.25) is 0 Å². The number of aliphatic imine (C=N–C) groups is 1. The number of nitrogens with zero attached hydrogens (tertiary/aromatic N) is 2. The van der Waals surface area contributed by atoms with E-state index in [9.17, 15) is 26.8 Å². The number of sulfone groups is 1. The van der Waals surface area contributed by atoms with Gasteiger partial charge in [-0.3, -0.25) is 9.59 Å². The number of aliphatic carboxylic acids is 1. The molecule has 1 aromatic carbocycles. The van der Waals surface area contributed by atoms with Gasteiger partial charge in [0.1, 0.15) is 11.6 Å². The van der Waals surface area contributed by atoms with E-state index < -0.39 is 44.6 Å². The molecule has 0 radical (unpaired) electrons. The van der Waals surface area contributed by atoms with Crippen LogP contribution in [0, 0.1) is 11.6 Å². The van der Waals surface area contributed by atoms with E-state index in [4.69, 9.17) is 5.11 Å². The zero-order chi connectivity index (χ0) is 19.8. The number of fused-ring (bicyclic) bond motifs is 1. The Bertz CT molecular complexity index is 919. The van der Waals surface area contributed by atoms with Gasteiger partial charge < -0.3 is 10.0 Å². The van der Waals surface area contributed by atoms with Crippen molar-refractivity contribution in [3.8, 4) is 0 Å². The molecule has 146 valence electrons. The van der Waals surface area contributed by atoms with Crippen molar-refractivity contribution < 1.29 is 31.9 Å². The molecule has 0 spiro atoms. The van der Waals surface area contributed by atoms with Gasteiger partial charge in [0.25, 0.3) is 0 Å². The number of carbonyl (C=O) groups excluding carboxylic acids is 1. The van der Waals surface area contributed by atoms with Gasteiger partial charge in [0.05, 0.1) is 23.2 Å². The van der Waals surface area contributed by atoms with Crippen molar-refractivity contribution in [1.29, 1.82) is 0 Å². The second kappa shape index (κ2) is 7.55. The number of amidine groups is 1. The summed E-state index contributed by atoms with van der Waals surface area (Å²) in [6, 6.07) is 2.31. The first-order chi connectivity index (χ1) is 12.7. The van der Waals surface area contributed by atoms with Gasteiger partial charge in [-0.25, -0.2) is 17.2 Å². The van der Waals surface area contributed by atoms with Gasteiger partial charge in [-0.05, 0) is 18.6 Å². The van der Waals surface area contributed by atoms with Gasteiger partial charge in [-0.15, -0.1) is 0 Å². The van der Waals surface area contributed by atoms with E-state index >= 15 is 0 Å². The molecule has 11 heteroatoms. The SMILES string of the molecule is O=C(O)CCCC(=O)N=C1S[C@@H]2CS(=O)(=O)C[C@H]2N1c1ccc(F)cc1F. The van der Waals surface area contributed by atoms with Crippen molar-refractivity contribution in [2.24, 2.45) is 4.99 Å². The van der Waals surface area contributed by atoms with Crippen LogP contribution in [0.3, 0.4) is 0 Å². The highest BCUT2D eigenvalue weighted by Gasteiger charge is 2.50. The number of hydrogen-bond donors (Lipinski definition) is 1. The third-order valence-corrected chi connectivity index (χ3v) is 7.45. The van der Waals surface area contributed by atoms with Crippen LogP contribution in [0.1, 0.15) is 19.3 Å². The maximum Gasteiger partial charge on any atom is 0.303 e. The zero-order valence-corrected chi connectivity index (χ0v) is 15.6. The van der Waals surface area contributed by atoms with Crippen molar-refractivity contribution >= 4 is 44.3 Å². The second-order valence-electron chi connectivity index (χ2n) is 6.30. The maximum absolute atomic E-state index is 14.3. The summed E-state index contributed by atoms with van der Waals surface area (Å²) in [6.45, 7) is 0. The molecule has 27 heavy (non-hydrogen) atoms. The first-order valence-electron chi connectivity index (χ1n) is 8.11. The molecule has 0 saturated carbocycles. The van der Waals surface area contributed by atoms with E-state index in [1.54, 1.807) is 0 Å². The highest BCUT2D eigenvalue weighted by Crippen LogP contribution is 2.41. The van der Waals surface area contributed by atoms with Crippen LogP contribution >= 0.6 is 11.8 Å². The minimum Gasteiger partial charge on any atom is -0.481 e. The molecule has 3 rings (SSSR count). The Morgan fingerprint density at radius 3 is 2.67 bits per heavy atom. The number of benzene rings is 1. The Labute approximate surface area is 158 Å². The molecule has 1 N–H and O–H groups in total. The van der Waals surface area contributed by atoms with E-state index in [1.165, 1.54) is 11.0 Å². The van der Waals surface area contributed by atoms with Crippen LogP contribution in [-0.4, -0.2) is 53.4 Å². The van der Waals surface area contributed by atoms with E-state index in [0.29, 0.717) is 6.07 Å². The highest BCUT2D eigenvalue weighted by molar-refractivity contribution is 8.16. The van der Waals surface area contributed by atoms with E-state index in [1.807, 2.05) is 0 Å². The normalized spacial score (nSPS) is 25.0. The van der Waals surface area contributed by atoms with Crippen molar-refractivity contribution in [1.82, 2.24) is 0 Å². The van der Waals surface area contributed by atoms with Crippen LogP contribution < -0.4 is 4.90 Å². The first kappa shape index (κ1) is 19.7. The molecular formula is C16H16F2N2O5S2. The van der Waals surface area contributed by atoms with E-state index in [0.717, 1.165) is 17.8 Å². The van der Waals surface area contributed by atoms with Gasteiger partial charge in [0.2, 0.25) is 5.91 Å². The average Bonchev–Trinajstić information content (AvgIpc) is 2.98. The Balaban J connectivity index is 1.89. The maximum atomic E-state index is 14.3. The van der Waals surface area contributed by atoms with Crippen LogP contribution in [-0.2, 0) is 19.4 Å². The summed E-state index contributed by atoms with van der Waals surface area (Å²) in [5.74, 6) is -3.59. The Morgan fingerprint density at radius 2 is 2.00 bits per heavy atom. The number of carboxylic acid groups (broad SMARTS) is 1. The van der Waals surface area contributed by atoms with Crippen LogP contribution in [0.5, 0.6) is 0 Å². The van der Waals surface area contributed by atoms with Crippen molar-refractivity contribution in [2.75, 3.05) is 16.4 Å². The molecule has 2 heterocycles. The van der Waals surface area contributed by atoms with Crippen LogP contribution in [0.25, 0.3) is 0 Å². The summed E-state index contributed by atoms with van der Waals surface area (Å²) in [6.07, 6.45) is -0.158. The van der Waals surface area contributed by atoms with Gasteiger partial charge in [-0.1, -0.05) is 11.8 Å². The Kier molecular flexibility index (Phi) is 5.52. The third-order valence-electron chi connectivity index (χ3n) is 4.24. The van der Waals surface area contributed by atoms with Gasteiger partial charge in [-0.2, -0.15) is 4.99 Å². The topological polar surface area (TPSA) is 104 Å². The fraction of sp³-hybridized carbons (Fsp3) is 0.438. The van der Waals surface area contributed by atoms with Gasteiger partial charge in [0.15, 0.2) is 15.0 Å². The van der Waals surface area contributed by atoms with Crippen molar-refractivity contribution in [3.63, 3.8) is 0 Å². The summed E-state index contributed by atoms with van der Waals surface area (Å²) >= 11 is 1.07. The number of thioether (sulfide) groups is 1. The standard InChI is InChI=1S/C16H16F2N2O5S2/c17-9-4-5-11(10(18)6-9)20-12-7-27(24,25)8-13(12)26-16(20)19-14(21)2-1-3-15(22)23/h4-6,12-13H,1-3,7-8H2,(H,22,23)/t12-,13-/m1/s1. The van der Waals surface area contributed by atoms with E-state index in [-0.39, 0.29) is 41.6 Å². The number of anilines is 1. The average molecular weight is 418 g/mol. The molecule has 2 atom stereocenters. The minimum absolute atomic E-state index is 0.0504. The summed E-state index contributed by atoms with van der Waals surface area (Å²) in [4.78, 5) is 27.9. The molecule has 2 saturated heterocycles. The number of carbonyl (C=O) groups is 2. The monoisotopic (exact) mass is 418 g/mol. The van der Waals surface area contributed by atoms with Crippen molar-refractivity contribution in [2.45, 2.75) is 30.6 Å². The summed E-state index contributed by atoms with van der Waals surface area (Å²) in [5, 5.41) is 8.36. The largest absolute Gasteiger partial charge is 0.481 e. The third kappa shape index (κ3) is 4.46. The van der Waals surface area contributed by atoms with Crippen molar-refractivity contribution in [3.05, 3.63) is 29.8 Å². The fourth-order valence-corrected chi connectivity index (χ4v) is 7.00. The molecule has 1 aromatic rings. The molecular weight excluding hydrogens is 402 g/mol. The van der Waals surface area contributed by atoms with E-state index in [2.05, 4.69) is 4.99 Å². The summed E-state index contributed by atoms with van der Waals surface area (Å²) in [5.41, 5.74) is -0.0504. The highest BCUT2D eigenvalue weighted by atomic mass is 32.2. The number of rotatable bonds is 5. The lowest BCUT2D eigenvalue weighted by Crippen LogP contribution is -2.38. The lowest BCUT2D eigenvalue weighted by Gasteiger charge is -2.24. The molecule has 0 bridgehead atoms. The van der Waals surface area contributed by atoms with Crippen LogP contribution in [0.4, 0.5) is 14.5 Å². The number of amides is 1. The molecule has 1 amide bonds. The number of halogens is 2. The quantitative estimate of drug-likeness (QED) is 0.778. The van der Waals surface area contributed by atoms with Gasteiger partial charge >= 0.3 is 5.97 Å². The molecule has 2 aliphatic rings. The van der Waals surface area contributed by atoms with Crippen LogP contribution in [0.15, 0.2) is 23.2 Å². The van der Waals surface area contributed by atoms with Gasteiger partial charge in [0, 0.05) is 24.2 Å². The molecule has 0 aliphatic carbocycles. The minimum atomic E-state index is -3.31. The lowest BCUT2D eigenvalue weighted by molar-refractivity contribution is -0.137. The molecule has 0 unspecified atom stereocenters. The molecule has 2 aliphatic heterocycles. The summed E-state index contributed by atoms with van der Waals surface area (Å²) in [7, 11) is -3.31.